The van der Waals surface area contributed by atoms with Crippen LogP contribution in [-0.4, -0.2) is 27.9 Å². The van der Waals surface area contributed by atoms with Gasteiger partial charge in [0, 0.05) is 12.7 Å². The van der Waals surface area contributed by atoms with Gasteiger partial charge in [-0.1, -0.05) is 0 Å². The van der Waals surface area contributed by atoms with E-state index in [2.05, 4.69) is 10.6 Å². The van der Waals surface area contributed by atoms with Crippen molar-refractivity contribution in [3.63, 3.8) is 0 Å². The summed E-state index contributed by atoms with van der Waals surface area (Å²) < 4.78 is 21.9. The smallest absolute Gasteiger partial charge is 0.239 e. The van der Waals surface area contributed by atoms with Gasteiger partial charge in [0.05, 0.1) is 11.4 Å². The summed E-state index contributed by atoms with van der Waals surface area (Å²) in [5.41, 5.74) is 0.649. The SMILES string of the molecule is CNC(=O)CNc1ccc(S(N)(=O)=O)cc1. The molecular weight excluding hydrogens is 230 g/mol. The van der Waals surface area contributed by atoms with E-state index in [1.165, 1.54) is 19.2 Å². The number of benzene rings is 1. The van der Waals surface area contributed by atoms with Gasteiger partial charge in [0.25, 0.3) is 0 Å². The number of nitrogens with one attached hydrogen (secondary N) is 2. The molecule has 0 saturated heterocycles. The lowest BCUT2D eigenvalue weighted by atomic mass is 10.3. The van der Waals surface area contributed by atoms with Crippen LogP contribution in [0.1, 0.15) is 0 Å². The van der Waals surface area contributed by atoms with E-state index in [1.807, 2.05) is 0 Å². The molecule has 0 atom stereocenters. The van der Waals surface area contributed by atoms with Crippen LogP contribution in [0.2, 0.25) is 0 Å². The van der Waals surface area contributed by atoms with E-state index in [4.69, 9.17) is 5.14 Å². The number of anilines is 1. The molecule has 0 aliphatic heterocycles. The lowest BCUT2D eigenvalue weighted by Crippen LogP contribution is -2.26. The van der Waals surface area contributed by atoms with Gasteiger partial charge in [-0.05, 0) is 24.3 Å². The minimum absolute atomic E-state index is 0.0398. The molecule has 0 aliphatic rings. The Bertz CT molecular complexity index is 467. The molecule has 0 aliphatic carbocycles. The van der Waals surface area contributed by atoms with E-state index in [9.17, 15) is 13.2 Å². The zero-order chi connectivity index (χ0) is 12.2. The van der Waals surface area contributed by atoms with Crippen LogP contribution in [-0.2, 0) is 14.8 Å². The minimum Gasteiger partial charge on any atom is -0.376 e. The average Bonchev–Trinajstić information content (AvgIpc) is 2.25. The first kappa shape index (κ1) is 12.5. The Balaban J connectivity index is 2.69. The van der Waals surface area contributed by atoms with E-state index in [0.29, 0.717) is 5.69 Å². The standard InChI is InChI=1S/C9H13N3O3S/c1-11-9(13)6-12-7-2-4-8(5-3-7)16(10,14)15/h2-5,12H,6H2,1H3,(H,11,13)(H2,10,14,15). The van der Waals surface area contributed by atoms with Crippen LogP contribution in [0.3, 0.4) is 0 Å². The molecular formula is C9H13N3O3S. The van der Waals surface area contributed by atoms with E-state index < -0.39 is 10.0 Å². The third kappa shape index (κ3) is 3.52. The molecule has 0 unspecified atom stereocenters. The second-order valence-electron chi connectivity index (χ2n) is 3.10. The van der Waals surface area contributed by atoms with Crippen molar-refractivity contribution in [1.29, 1.82) is 0 Å². The topological polar surface area (TPSA) is 101 Å². The fourth-order valence-corrected chi connectivity index (χ4v) is 1.55. The predicted molar refractivity (Wildman–Crippen MR) is 60.4 cm³/mol. The largest absolute Gasteiger partial charge is 0.376 e. The number of carbonyl (C=O) groups excluding carboxylic acids is 1. The lowest BCUT2D eigenvalue weighted by molar-refractivity contribution is -0.118. The van der Waals surface area contributed by atoms with Gasteiger partial charge in [-0.15, -0.1) is 0 Å². The van der Waals surface area contributed by atoms with Crippen LogP contribution in [0.4, 0.5) is 5.69 Å². The van der Waals surface area contributed by atoms with Crippen molar-refractivity contribution >= 4 is 21.6 Å². The van der Waals surface area contributed by atoms with Crippen molar-refractivity contribution in [1.82, 2.24) is 5.32 Å². The van der Waals surface area contributed by atoms with Crippen molar-refractivity contribution < 1.29 is 13.2 Å². The molecule has 1 rings (SSSR count). The summed E-state index contributed by atoms with van der Waals surface area (Å²) in [6, 6.07) is 5.84. The highest BCUT2D eigenvalue weighted by molar-refractivity contribution is 7.89. The Hall–Kier alpha value is -1.60. The lowest BCUT2D eigenvalue weighted by Gasteiger charge is -2.05. The summed E-state index contributed by atoms with van der Waals surface area (Å²) in [7, 11) is -2.13. The summed E-state index contributed by atoms with van der Waals surface area (Å²) in [4.78, 5) is 11.0. The highest BCUT2D eigenvalue weighted by Gasteiger charge is 2.06. The number of primary sulfonamides is 1. The number of likely N-dealkylation sites (N-methyl/N-ethyl adjacent to an activating group) is 1. The Morgan fingerprint density at radius 1 is 1.31 bits per heavy atom. The van der Waals surface area contributed by atoms with Crippen molar-refractivity contribution in [3.8, 4) is 0 Å². The maximum Gasteiger partial charge on any atom is 0.239 e. The van der Waals surface area contributed by atoms with Crippen LogP contribution in [0.5, 0.6) is 0 Å². The van der Waals surface area contributed by atoms with E-state index in [1.54, 1.807) is 12.1 Å². The number of nitrogens with two attached hydrogens (primary N) is 1. The van der Waals surface area contributed by atoms with Crippen molar-refractivity contribution in [2.24, 2.45) is 5.14 Å². The van der Waals surface area contributed by atoms with Crippen LogP contribution < -0.4 is 15.8 Å². The van der Waals surface area contributed by atoms with Crippen molar-refractivity contribution in [2.75, 3.05) is 18.9 Å². The van der Waals surface area contributed by atoms with Gasteiger partial charge >= 0.3 is 0 Å². The highest BCUT2D eigenvalue weighted by atomic mass is 32.2. The zero-order valence-electron chi connectivity index (χ0n) is 8.73. The molecule has 0 bridgehead atoms. The first-order valence-electron chi connectivity index (χ1n) is 4.51. The van der Waals surface area contributed by atoms with Crippen molar-refractivity contribution in [2.45, 2.75) is 4.90 Å². The van der Waals surface area contributed by atoms with Crippen LogP contribution >= 0.6 is 0 Å². The summed E-state index contributed by atoms with van der Waals surface area (Å²) >= 11 is 0. The Morgan fingerprint density at radius 2 is 1.88 bits per heavy atom. The Kier molecular flexibility index (Phi) is 3.86. The fraction of sp³-hybridized carbons (Fsp3) is 0.222. The van der Waals surface area contributed by atoms with Gasteiger partial charge < -0.3 is 10.6 Å². The Labute approximate surface area is 93.9 Å². The maximum absolute atomic E-state index is 10.9. The second-order valence-corrected chi connectivity index (χ2v) is 4.66. The normalized spacial score (nSPS) is 10.9. The molecule has 0 saturated carbocycles. The van der Waals surface area contributed by atoms with Crippen LogP contribution in [0, 0.1) is 0 Å². The molecule has 0 fully saturated rings. The number of hydrogen-bond donors (Lipinski definition) is 3. The van der Waals surface area contributed by atoms with Gasteiger partial charge in [0.1, 0.15) is 0 Å². The van der Waals surface area contributed by atoms with Crippen LogP contribution in [0.25, 0.3) is 0 Å². The number of sulfonamides is 1. The van der Waals surface area contributed by atoms with E-state index in [-0.39, 0.29) is 17.3 Å². The molecule has 6 nitrogen and oxygen atoms in total. The summed E-state index contributed by atoms with van der Waals surface area (Å²) in [5, 5.41) is 10.2. The molecule has 7 heteroatoms. The van der Waals surface area contributed by atoms with Crippen LogP contribution in [0.15, 0.2) is 29.2 Å². The first-order chi connectivity index (χ1) is 7.43. The molecule has 1 amide bonds. The van der Waals surface area contributed by atoms with Gasteiger partial charge in [-0.3, -0.25) is 4.79 Å². The maximum atomic E-state index is 10.9. The van der Waals surface area contributed by atoms with Gasteiger partial charge in [-0.25, -0.2) is 13.6 Å². The number of hydrogen-bond acceptors (Lipinski definition) is 4. The third-order valence-electron chi connectivity index (χ3n) is 1.91. The average molecular weight is 243 g/mol. The minimum atomic E-state index is -3.66. The van der Waals surface area contributed by atoms with E-state index in [0.717, 1.165) is 0 Å². The molecule has 1 aromatic rings. The molecule has 16 heavy (non-hydrogen) atoms. The number of rotatable bonds is 4. The summed E-state index contributed by atoms with van der Waals surface area (Å²) in [6.07, 6.45) is 0. The fourth-order valence-electron chi connectivity index (χ4n) is 1.03. The molecule has 88 valence electrons. The number of carbonyl (C=O) groups is 1. The molecule has 0 radical (unpaired) electrons. The summed E-state index contributed by atoms with van der Waals surface area (Å²) in [6.45, 7) is 0.130. The molecule has 1 aromatic carbocycles. The van der Waals surface area contributed by atoms with Gasteiger partial charge in [0.2, 0.25) is 15.9 Å². The summed E-state index contributed by atoms with van der Waals surface area (Å²) in [5.74, 6) is -0.157. The van der Waals surface area contributed by atoms with Gasteiger partial charge in [-0.2, -0.15) is 0 Å². The monoisotopic (exact) mass is 243 g/mol. The predicted octanol–water partition coefficient (Wildman–Crippen LogP) is -0.508. The molecule has 0 aromatic heterocycles. The number of amides is 1. The van der Waals surface area contributed by atoms with Gasteiger partial charge in [0.15, 0.2) is 0 Å². The quantitative estimate of drug-likeness (QED) is 0.663. The Morgan fingerprint density at radius 3 is 2.31 bits per heavy atom. The van der Waals surface area contributed by atoms with Crippen molar-refractivity contribution in [3.05, 3.63) is 24.3 Å². The second kappa shape index (κ2) is 4.95. The highest BCUT2D eigenvalue weighted by Crippen LogP contribution is 2.12. The van der Waals surface area contributed by atoms with E-state index >= 15 is 0 Å². The zero-order valence-corrected chi connectivity index (χ0v) is 9.54. The first-order valence-corrected chi connectivity index (χ1v) is 6.05. The molecule has 4 N–H and O–H groups in total. The molecule has 0 heterocycles. The molecule has 0 spiro atoms. The third-order valence-corrected chi connectivity index (χ3v) is 2.84.